The number of carbonyl (C=O) groups excluding carboxylic acids is 1. The van der Waals surface area contributed by atoms with Gasteiger partial charge in [-0.05, 0) is 30.9 Å². The number of ether oxygens (including phenoxy) is 1. The number of aliphatic hydroxyl groups excluding tert-OH is 1. The fourth-order valence-electron chi connectivity index (χ4n) is 2.23. The zero-order chi connectivity index (χ0) is 15.8. The summed E-state index contributed by atoms with van der Waals surface area (Å²) >= 11 is 0. The first-order chi connectivity index (χ1) is 10.7. The first-order valence-electron chi connectivity index (χ1n) is 7.59. The van der Waals surface area contributed by atoms with Crippen LogP contribution in [-0.2, 0) is 22.6 Å². The van der Waals surface area contributed by atoms with Crippen molar-refractivity contribution in [3.8, 4) is 0 Å². The van der Waals surface area contributed by atoms with E-state index in [-0.39, 0.29) is 12.6 Å². The zero-order valence-electron chi connectivity index (χ0n) is 12.8. The minimum Gasteiger partial charge on any atom is -0.461 e. The van der Waals surface area contributed by atoms with Gasteiger partial charge in [0.15, 0.2) is 0 Å². The average molecular weight is 298 g/mol. The molecule has 0 radical (unpaired) electrons. The van der Waals surface area contributed by atoms with Crippen LogP contribution in [0.5, 0.6) is 0 Å². The molecule has 0 spiro atoms. The summed E-state index contributed by atoms with van der Waals surface area (Å²) in [5.74, 6) is -0.878. The maximum absolute atomic E-state index is 12.0. The summed E-state index contributed by atoms with van der Waals surface area (Å²) in [6, 6.07) is 19.5. The highest BCUT2D eigenvalue weighted by Crippen LogP contribution is 2.14. The van der Waals surface area contributed by atoms with Gasteiger partial charge in [-0.25, -0.2) is 0 Å². The summed E-state index contributed by atoms with van der Waals surface area (Å²) in [4.78, 5) is 12.0. The van der Waals surface area contributed by atoms with E-state index in [4.69, 9.17) is 4.74 Å². The normalized spacial score (nSPS) is 13.4. The fraction of sp³-hybridized carbons (Fsp3) is 0.316. The molecule has 0 unspecified atom stereocenters. The van der Waals surface area contributed by atoms with Crippen LogP contribution in [0.2, 0.25) is 0 Å². The number of aliphatic hydroxyl groups is 1. The van der Waals surface area contributed by atoms with E-state index in [0.29, 0.717) is 6.42 Å². The highest BCUT2D eigenvalue weighted by atomic mass is 16.5. The van der Waals surface area contributed by atoms with Crippen molar-refractivity contribution in [3.63, 3.8) is 0 Å². The molecule has 0 bridgehead atoms. The monoisotopic (exact) mass is 298 g/mol. The lowest BCUT2D eigenvalue weighted by Crippen LogP contribution is -2.27. The Bertz CT molecular complexity index is 566. The molecule has 0 amide bonds. The Morgan fingerprint density at radius 3 is 2.14 bits per heavy atom. The highest BCUT2D eigenvalue weighted by Gasteiger charge is 2.23. The Morgan fingerprint density at radius 2 is 1.55 bits per heavy atom. The van der Waals surface area contributed by atoms with Crippen molar-refractivity contribution in [3.05, 3.63) is 71.8 Å². The van der Waals surface area contributed by atoms with Gasteiger partial charge in [-0.2, -0.15) is 0 Å². The molecule has 0 fully saturated rings. The molecule has 2 aromatic carbocycles. The van der Waals surface area contributed by atoms with Gasteiger partial charge in [0.25, 0.3) is 0 Å². The van der Waals surface area contributed by atoms with Crippen molar-refractivity contribution in [2.45, 2.75) is 32.5 Å². The van der Waals surface area contributed by atoms with Crippen molar-refractivity contribution >= 4 is 5.97 Å². The van der Waals surface area contributed by atoms with Crippen molar-refractivity contribution < 1.29 is 14.6 Å². The standard InChI is InChI=1S/C19H22O3/c1-15(18(20)13-12-16-8-4-2-5-9-16)19(21)22-14-17-10-6-3-7-11-17/h2-11,15,18,20H,12-14H2,1H3/t15-,18+/m1/s1. The van der Waals surface area contributed by atoms with Gasteiger partial charge in [-0.15, -0.1) is 0 Å². The van der Waals surface area contributed by atoms with E-state index in [1.54, 1.807) is 6.92 Å². The molecule has 0 aliphatic carbocycles. The van der Waals surface area contributed by atoms with Gasteiger partial charge >= 0.3 is 5.97 Å². The quantitative estimate of drug-likeness (QED) is 0.797. The first-order valence-corrected chi connectivity index (χ1v) is 7.59. The predicted molar refractivity (Wildman–Crippen MR) is 86.2 cm³/mol. The molecular weight excluding hydrogens is 276 g/mol. The van der Waals surface area contributed by atoms with Crippen LogP contribution in [0.4, 0.5) is 0 Å². The molecule has 2 aromatic rings. The van der Waals surface area contributed by atoms with E-state index >= 15 is 0 Å². The Labute approximate surface area is 131 Å². The number of hydrogen-bond donors (Lipinski definition) is 1. The Hall–Kier alpha value is -2.13. The maximum Gasteiger partial charge on any atom is 0.311 e. The van der Waals surface area contributed by atoms with Crippen LogP contribution in [-0.4, -0.2) is 17.2 Å². The van der Waals surface area contributed by atoms with Crippen LogP contribution in [0.3, 0.4) is 0 Å². The fourth-order valence-corrected chi connectivity index (χ4v) is 2.23. The summed E-state index contributed by atoms with van der Waals surface area (Å²) in [6.07, 6.45) is 0.604. The second-order valence-corrected chi connectivity index (χ2v) is 5.47. The molecule has 2 atom stereocenters. The summed E-state index contributed by atoms with van der Waals surface area (Å²) in [6.45, 7) is 1.96. The van der Waals surface area contributed by atoms with E-state index in [0.717, 1.165) is 17.5 Å². The molecule has 0 heterocycles. The van der Waals surface area contributed by atoms with E-state index in [9.17, 15) is 9.90 Å². The van der Waals surface area contributed by atoms with Crippen LogP contribution >= 0.6 is 0 Å². The Kier molecular flexibility index (Phi) is 6.16. The summed E-state index contributed by atoms with van der Waals surface area (Å²) < 4.78 is 5.26. The minimum atomic E-state index is -0.691. The van der Waals surface area contributed by atoms with E-state index < -0.39 is 12.0 Å². The third-order valence-electron chi connectivity index (χ3n) is 3.74. The topological polar surface area (TPSA) is 46.5 Å². The number of aryl methyl sites for hydroxylation is 1. The van der Waals surface area contributed by atoms with Gasteiger partial charge in [0, 0.05) is 0 Å². The van der Waals surface area contributed by atoms with Gasteiger partial charge < -0.3 is 9.84 Å². The van der Waals surface area contributed by atoms with E-state index in [1.807, 2.05) is 60.7 Å². The van der Waals surface area contributed by atoms with E-state index in [1.165, 1.54) is 0 Å². The predicted octanol–water partition coefficient (Wildman–Crippen LogP) is 3.36. The van der Waals surface area contributed by atoms with Gasteiger partial charge in [0.2, 0.25) is 0 Å². The van der Waals surface area contributed by atoms with Crippen LogP contribution in [0.1, 0.15) is 24.5 Å². The first kappa shape index (κ1) is 16.2. The average Bonchev–Trinajstić information content (AvgIpc) is 2.58. The van der Waals surface area contributed by atoms with E-state index in [2.05, 4.69) is 0 Å². The summed E-state index contributed by atoms with van der Waals surface area (Å²) in [5, 5.41) is 10.1. The van der Waals surface area contributed by atoms with Gasteiger partial charge in [0.1, 0.15) is 6.61 Å². The Morgan fingerprint density at radius 1 is 1.00 bits per heavy atom. The third kappa shape index (κ3) is 5.01. The number of rotatable bonds is 7. The van der Waals surface area contributed by atoms with Crippen LogP contribution in [0.15, 0.2) is 60.7 Å². The lowest BCUT2D eigenvalue weighted by atomic mass is 9.98. The lowest BCUT2D eigenvalue weighted by Gasteiger charge is -2.17. The third-order valence-corrected chi connectivity index (χ3v) is 3.74. The van der Waals surface area contributed by atoms with Crippen molar-refractivity contribution in [1.29, 1.82) is 0 Å². The second-order valence-electron chi connectivity index (χ2n) is 5.47. The van der Waals surface area contributed by atoms with Crippen LogP contribution < -0.4 is 0 Å². The van der Waals surface area contributed by atoms with Gasteiger partial charge in [0.05, 0.1) is 12.0 Å². The highest BCUT2D eigenvalue weighted by molar-refractivity contribution is 5.72. The Balaban J connectivity index is 1.77. The lowest BCUT2D eigenvalue weighted by molar-refractivity contribution is -0.153. The zero-order valence-corrected chi connectivity index (χ0v) is 12.8. The molecule has 3 heteroatoms. The molecule has 0 aromatic heterocycles. The second kappa shape index (κ2) is 8.35. The number of benzene rings is 2. The number of hydrogen-bond acceptors (Lipinski definition) is 3. The SMILES string of the molecule is C[C@@H](C(=O)OCc1ccccc1)[C@@H](O)CCc1ccccc1. The van der Waals surface area contributed by atoms with Crippen molar-refractivity contribution in [2.24, 2.45) is 5.92 Å². The number of esters is 1. The molecule has 2 rings (SSSR count). The van der Waals surface area contributed by atoms with Gasteiger partial charge in [-0.1, -0.05) is 60.7 Å². The molecule has 0 aliphatic rings. The molecule has 0 saturated heterocycles. The molecular formula is C19H22O3. The van der Waals surface area contributed by atoms with Crippen LogP contribution in [0.25, 0.3) is 0 Å². The minimum absolute atomic E-state index is 0.245. The molecule has 1 N–H and O–H groups in total. The van der Waals surface area contributed by atoms with Gasteiger partial charge in [-0.3, -0.25) is 4.79 Å². The molecule has 0 saturated carbocycles. The smallest absolute Gasteiger partial charge is 0.311 e. The molecule has 3 nitrogen and oxygen atoms in total. The summed E-state index contributed by atoms with van der Waals surface area (Å²) in [7, 11) is 0. The number of carbonyl (C=O) groups is 1. The maximum atomic E-state index is 12.0. The summed E-state index contributed by atoms with van der Waals surface area (Å²) in [5.41, 5.74) is 2.10. The van der Waals surface area contributed by atoms with Crippen molar-refractivity contribution in [2.75, 3.05) is 0 Å². The van der Waals surface area contributed by atoms with Crippen molar-refractivity contribution in [1.82, 2.24) is 0 Å². The molecule has 22 heavy (non-hydrogen) atoms. The molecule has 116 valence electrons. The molecule has 0 aliphatic heterocycles. The largest absolute Gasteiger partial charge is 0.461 e. The van der Waals surface area contributed by atoms with Crippen LogP contribution in [0, 0.1) is 5.92 Å².